The lowest BCUT2D eigenvalue weighted by Crippen LogP contribution is -2.31. The summed E-state index contributed by atoms with van der Waals surface area (Å²) < 4.78 is 31.5. The van der Waals surface area contributed by atoms with Gasteiger partial charge < -0.3 is 9.88 Å². The standard InChI is InChI=1S/C25H26N6O5S/c1-2-30-15-26-23-22(30)24(33)29-25(34)31(23)14-17-8-6-16(7-9-17)13-27-37(35,36)19-10-11-20-18(12-19)4-3-5-21(32)28-20/h6-12,15,27H,2-5,13-14H2,1H3,(H,28,32)(H,29,33,34). The van der Waals surface area contributed by atoms with E-state index in [4.69, 9.17) is 0 Å². The highest BCUT2D eigenvalue weighted by atomic mass is 32.2. The number of benzene rings is 2. The van der Waals surface area contributed by atoms with E-state index in [-0.39, 0.29) is 23.9 Å². The molecule has 4 aromatic rings. The summed E-state index contributed by atoms with van der Waals surface area (Å²) in [6.07, 6.45) is 3.24. The molecule has 1 amide bonds. The molecule has 2 aromatic heterocycles. The number of imidazole rings is 1. The van der Waals surface area contributed by atoms with E-state index in [0.29, 0.717) is 42.7 Å². The van der Waals surface area contributed by atoms with Crippen LogP contribution in [0.5, 0.6) is 0 Å². The number of hydrogen-bond donors (Lipinski definition) is 3. The zero-order valence-electron chi connectivity index (χ0n) is 20.2. The van der Waals surface area contributed by atoms with Crippen LogP contribution in [0, 0.1) is 0 Å². The third kappa shape index (κ3) is 4.98. The Kier molecular flexibility index (Phi) is 6.52. The summed E-state index contributed by atoms with van der Waals surface area (Å²) >= 11 is 0. The fraction of sp³-hybridized carbons (Fsp3) is 0.280. The monoisotopic (exact) mass is 522 g/mol. The second-order valence-corrected chi connectivity index (χ2v) is 10.7. The number of aryl methyl sites for hydroxylation is 2. The molecule has 0 radical (unpaired) electrons. The van der Waals surface area contributed by atoms with Crippen molar-refractivity contribution in [3.05, 3.63) is 86.3 Å². The van der Waals surface area contributed by atoms with Crippen molar-refractivity contribution >= 4 is 32.8 Å². The number of carbonyl (C=O) groups excluding carboxylic acids is 1. The van der Waals surface area contributed by atoms with Gasteiger partial charge in [-0.25, -0.2) is 22.9 Å². The smallest absolute Gasteiger partial charge is 0.326 e. The first kappa shape index (κ1) is 24.7. The summed E-state index contributed by atoms with van der Waals surface area (Å²) in [5, 5.41) is 2.80. The molecule has 3 heterocycles. The van der Waals surface area contributed by atoms with Gasteiger partial charge in [-0.2, -0.15) is 0 Å². The van der Waals surface area contributed by atoms with Crippen LogP contribution >= 0.6 is 0 Å². The largest absolute Gasteiger partial charge is 0.330 e. The van der Waals surface area contributed by atoms with Crippen molar-refractivity contribution in [3.63, 3.8) is 0 Å². The van der Waals surface area contributed by atoms with Crippen molar-refractivity contribution < 1.29 is 13.2 Å². The number of carbonyl (C=O) groups is 1. The minimum atomic E-state index is -3.76. The summed E-state index contributed by atoms with van der Waals surface area (Å²) in [5.41, 5.74) is 2.62. The third-order valence-electron chi connectivity index (χ3n) is 6.44. The molecule has 1 aliphatic rings. The van der Waals surface area contributed by atoms with Crippen LogP contribution in [-0.2, 0) is 40.9 Å². The van der Waals surface area contributed by atoms with E-state index >= 15 is 0 Å². The SMILES string of the molecule is CCn1cnc2c1c(=O)[nH]c(=O)n2Cc1ccc(CNS(=O)(=O)c2ccc3c(c2)CCCC(=O)N3)cc1. The van der Waals surface area contributed by atoms with E-state index in [9.17, 15) is 22.8 Å². The molecule has 3 N–H and O–H groups in total. The van der Waals surface area contributed by atoms with Gasteiger partial charge in [0.1, 0.15) is 0 Å². The summed E-state index contributed by atoms with van der Waals surface area (Å²) in [5.74, 6) is -0.0681. The van der Waals surface area contributed by atoms with Crippen LogP contribution < -0.4 is 21.3 Å². The summed E-state index contributed by atoms with van der Waals surface area (Å²) in [6.45, 7) is 2.71. The molecule has 37 heavy (non-hydrogen) atoms. The number of nitrogens with one attached hydrogen (secondary N) is 3. The zero-order chi connectivity index (χ0) is 26.2. The quantitative estimate of drug-likeness (QED) is 0.337. The molecule has 12 heteroatoms. The maximum Gasteiger partial charge on any atom is 0.330 e. The van der Waals surface area contributed by atoms with E-state index < -0.39 is 21.3 Å². The fourth-order valence-electron chi connectivity index (χ4n) is 4.43. The van der Waals surface area contributed by atoms with E-state index in [1.54, 1.807) is 41.0 Å². The van der Waals surface area contributed by atoms with Crippen molar-refractivity contribution in [2.45, 2.75) is 50.7 Å². The van der Waals surface area contributed by atoms with Gasteiger partial charge >= 0.3 is 5.69 Å². The fourth-order valence-corrected chi connectivity index (χ4v) is 5.50. The molecular weight excluding hydrogens is 496 g/mol. The molecule has 0 spiro atoms. The molecular formula is C25H26N6O5S. The number of anilines is 1. The predicted molar refractivity (Wildman–Crippen MR) is 138 cm³/mol. The Labute approximate surface area is 212 Å². The minimum absolute atomic E-state index is 0.0681. The number of aromatic amines is 1. The normalized spacial score (nSPS) is 13.8. The number of hydrogen-bond acceptors (Lipinski definition) is 6. The van der Waals surface area contributed by atoms with Crippen molar-refractivity contribution in [1.29, 1.82) is 0 Å². The number of fused-ring (bicyclic) bond motifs is 2. The lowest BCUT2D eigenvalue weighted by atomic mass is 10.1. The first-order valence-electron chi connectivity index (χ1n) is 11.9. The van der Waals surface area contributed by atoms with Crippen LogP contribution in [-0.4, -0.2) is 33.4 Å². The molecule has 0 saturated heterocycles. The molecule has 5 rings (SSSR count). The Balaban J connectivity index is 1.30. The number of rotatable bonds is 7. The van der Waals surface area contributed by atoms with Crippen LogP contribution in [0.3, 0.4) is 0 Å². The maximum absolute atomic E-state index is 12.9. The number of amides is 1. The average Bonchev–Trinajstić information content (AvgIpc) is 3.22. The molecule has 0 saturated carbocycles. The lowest BCUT2D eigenvalue weighted by molar-refractivity contribution is -0.116. The van der Waals surface area contributed by atoms with Crippen LogP contribution in [0.15, 0.2) is 63.3 Å². The second kappa shape index (κ2) is 9.79. The molecule has 0 atom stereocenters. The summed E-state index contributed by atoms with van der Waals surface area (Å²) in [7, 11) is -3.76. The van der Waals surface area contributed by atoms with Crippen molar-refractivity contribution in [2.75, 3.05) is 5.32 Å². The third-order valence-corrected chi connectivity index (χ3v) is 7.84. The molecule has 11 nitrogen and oxygen atoms in total. The Morgan fingerprint density at radius 2 is 1.78 bits per heavy atom. The van der Waals surface area contributed by atoms with E-state index in [2.05, 4.69) is 20.0 Å². The molecule has 0 unspecified atom stereocenters. The van der Waals surface area contributed by atoms with Crippen LogP contribution in [0.4, 0.5) is 5.69 Å². The minimum Gasteiger partial charge on any atom is -0.326 e. The van der Waals surface area contributed by atoms with Crippen molar-refractivity contribution in [3.8, 4) is 0 Å². The van der Waals surface area contributed by atoms with Gasteiger partial charge in [0.05, 0.1) is 17.8 Å². The maximum atomic E-state index is 12.9. The number of aromatic nitrogens is 4. The number of sulfonamides is 1. The van der Waals surface area contributed by atoms with Gasteiger partial charge in [0.15, 0.2) is 11.2 Å². The average molecular weight is 523 g/mol. The van der Waals surface area contributed by atoms with Crippen LogP contribution in [0.25, 0.3) is 11.2 Å². The highest BCUT2D eigenvalue weighted by Crippen LogP contribution is 2.25. The number of H-pyrrole nitrogens is 1. The first-order valence-corrected chi connectivity index (χ1v) is 13.4. The Morgan fingerprint density at radius 1 is 1.03 bits per heavy atom. The molecule has 2 aromatic carbocycles. The van der Waals surface area contributed by atoms with Gasteiger partial charge in [-0.3, -0.25) is 19.1 Å². The van der Waals surface area contributed by atoms with Crippen LogP contribution in [0.1, 0.15) is 36.5 Å². The Hall–Kier alpha value is -4.03. The lowest BCUT2D eigenvalue weighted by Gasteiger charge is -2.12. The first-order chi connectivity index (χ1) is 17.7. The predicted octanol–water partition coefficient (Wildman–Crippen LogP) is 1.71. The molecule has 1 aliphatic heterocycles. The molecule has 0 bridgehead atoms. The van der Waals surface area contributed by atoms with Crippen molar-refractivity contribution in [2.24, 2.45) is 0 Å². The Bertz CT molecular complexity index is 1720. The number of nitrogens with zero attached hydrogens (tertiary/aromatic N) is 3. The van der Waals surface area contributed by atoms with E-state index in [0.717, 1.165) is 16.7 Å². The topological polar surface area (TPSA) is 148 Å². The van der Waals surface area contributed by atoms with Gasteiger partial charge in [-0.15, -0.1) is 0 Å². The van der Waals surface area contributed by atoms with Gasteiger partial charge in [-0.1, -0.05) is 24.3 Å². The van der Waals surface area contributed by atoms with Gasteiger partial charge in [0.25, 0.3) is 5.56 Å². The van der Waals surface area contributed by atoms with Crippen LogP contribution in [0.2, 0.25) is 0 Å². The van der Waals surface area contributed by atoms with Gasteiger partial charge in [-0.05, 0) is 54.7 Å². The second-order valence-electron chi connectivity index (χ2n) is 8.91. The van der Waals surface area contributed by atoms with Crippen molar-refractivity contribution in [1.82, 2.24) is 23.8 Å². The van der Waals surface area contributed by atoms with E-state index in [1.807, 2.05) is 6.92 Å². The summed E-state index contributed by atoms with van der Waals surface area (Å²) in [4.78, 5) is 43.2. The van der Waals surface area contributed by atoms with Gasteiger partial charge in [0.2, 0.25) is 15.9 Å². The highest BCUT2D eigenvalue weighted by molar-refractivity contribution is 7.89. The molecule has 0 fully saturated rings. The zero-order valence-corrected chi connectivity index (χ0v) is 21.0. The van der Waals surface area contributed by atoms with E-state index in [1.165, 1.54) is 17.0 Å². The molecule has 192 valence electrons. The highest BCUT2D eigenvalue weighted by Gasteiger charge is 2.19. The van der Waals surface area contributed by atoms with Gasteiger partial charge in [0, 0.05) is 25.2 Å². The molecule has 0 aliphatic carbocycles. The Morgan fingerprint density at radius 3 is 2.54 bits per heavy atom. The summed E-state index contributed by atoms with van der Waals surface area (Å²) in [6, 6.07) is 11.9.